The molecule has 18 heavy (non-hydrogen) atoms. The summed E-state index contributed by atoms with van der Waals surface area (Å²) in [7, 11) is 2.04. The molecule has 1 amide bonds. The van der Waals surface area contributed by atoms with Crippen LogP contribution in [0.5, 0.6) is 0 Å². The number of rotatable bonds is 2. The van der Waals surface area contributed by atoms with E-state index in [-0.39, 0.29) is 21.8 Å². The van der Waals surface area contributed by atoms with E-state index in [1.807, 2.05) is 12.1 Å². The SMILES string of the molecule is CN1CCN(NC(=O)c2cc(Cl)nnc2Cl)CC1. The second-order valence-corrected chi connectivity index (χ2v) is 4.85. The van der Waals surface area contributed by atoms with Gasteiger partial charge in [0, 0.05) is 26.2 Å². The summed E-state index contributed by atoms with van der Waals surface area (Å²) in [5.74, 6) is -0.318. The molecule has 0 spiro atoms. The molecule has 0 aliphatic carbocycles. The van der Waals surface area contributed by atoms with E-state index in [0.717, 1.165) is 26.2 Å². The fourth-order valence-corrected chi connectivity index (χ4v) is 1.96. The van der Waals surface area contributed by atoms with Crippen LogP contribution in [0.4, 0.5) is 0 Å². The highest BCUT2D eigenvalue weighted by atomic mass is 35.5. The number of amides is 1. The molecule has 98 valence electrons. The van der Waals surface area contributed by atoms with E-state index < -0.39 is 0 Å². The van der Waals surface area contributed by atoms with Crippen LogP contribution in [0.3, 0.4) is 0 Å². The molecule has 8 heteroatoms. The molecule has 2 rings (SSSR count). The van der Waals surface area contributed by atoms with Crippen LogP contribution in [0.1, 0.15) is 10.4 Å². The zero-order chi connectivity index (χ0) is 13.1. The van der Waals surface area contributed by atoms with Crippen molar-refractivity contribution in [3.63, 3.8) is 0 Å². The van der Waals surface area contributed by atoms with Crippen molar-refractivity contribution in [3.05, 3.63) is 21.9 Å². The van der Waals surface area contributed by atoms with Crippen LogP contribution in [0.15, 0.2) is 6.07 Å². The molecule has 1 aliphatic heterocycles. The first-order valence-corrected chi connectivity index (χ1v) is 6.25. The van der Waals surface area contributed by atoms with Crippen LogP contribution < -0.4 is 5.43 Å². The van der Waals surface area contributed by atoms with Gasteiger partial charge in [-0.05, 0) is 13.1 Å². The Kier molecular flexibility index (Phi) is 4.34. The van der Waals surface area contributed by atoms with Gasteiger partial charge in [-0.15, -0.1) is 10.2 Å². The minimum Gasteiger partial charge on any atom is -0.304 e. The first-order chi connectivity index (χ1) is 8.56. The molecule has 1 aliphatic rings. The van der Waals surface area contributed by atoms with Gasteiger partial charge in [-0.2, -0.15) is 0 Å². The number of carbonyl (C=O) groups excluding carboxylic acids is 1. The van der Waals surface area contributed by atoms with Gasteiger partial charge in [0.15, 0.2) is 10.3 Å². The highest BCUT2D eigenvalue weighted by Gasteiger charge is 2.19. The number of nitrogens with one attached hydrogen (secondary N) is 1. The van der Waals surface area contributed by atoms with E-state index in [1.54, 1.807) is 0 Å². The number of piperazine rings is 1. The van der Waals surface area contributed by atoms with Crippen molar-refractivity contribution in [3.8, 4) is 0 Å². The maximum atomic E-state index is 12.0. The Labute approximate surface area is 115 Å². The summed E-state index contributed by atoms with van der Waals surface area (Å²) in [4.78, 5) is 14.2. The zero-order valence-electron chi connectivity index (χ0n) is 9.86. The number of hydrogen-bond acceptors (Lipinski definition) is 5. The summed E-state index contributed by atoms with van der Waals surface area (Å²) in [6, 6.07) is 1.41. The smallest absolute Gasteiger partial charge is 0.268 e. The van der Waals surface area contributed by atoms with E-state index in [2.05, 4.69) is 20.5 Å². The molecule has 0 radical (unpaired) electrons. The Morgan fingerprint density at radius 3 is 2.61 bits per heavy atom. The van der Waals surface area contributed by atoms with Crippen LogP contribution in [0.2, 0.25) is 10.3 Å². The number of likely N-dealkylation sites (N-methyl/N-ethyl adjacent to an activating group) is 1. The maximum Gasteiger partial charge on any atom is 0.268 e. The summed E-state index contributed by atoms with van der Waals surface area (Å²) in [6.45, 7) is 3.35. The average Bonchev–Trinajstić information content (AvgIpc) is 2.35. The molecule has 1 aromatic rings. The molecule has 0 saturated carbocycles. The fraction of sp³-hybridized carbons (Fsp3) is 0.500. The van der Waals surface area contributed by atoms with E-state index >= 15 is 0 Å². The molecular weight excluding hydrogens is 277 g/mol. The van der Waals surface area contributed by atoms with Gasteiger partial charge in [0.05, 0.1) is 5.56 Å². The quantitative estimate of drug-likeness (QED) is 0.867. The van der Waals surface area contributed by atoms with Crippen LogP contribution in [-0.4, -0.2) is 59.2 Å². The predicted molar refractivity (Wildman–Crippen MR) is 68.6 cm³/mol. The highest BCUT2D eigenvalue weighted by Crippen LogP contribution is 2.15. The Hall–Kier alpha value is -0.950. The van der Waals surface area contributed by atoms with Crippen molar-refractivity contribution >= 4 is 29.1 Å². The number of carbonyl (C=O) groups is 1. The summed E-state index contributed by atoms with van der Waals surface area (Å²) in [5.41, 5.74) is 3.01. The third-order valence-corrected chi connectivity index (χ3v) is 3.19. The van der Waals surface area contributed by atoms with Gasteiger partial charge < -0.3 is 4.90 Å². The number of aromatic nitrogens is 2. The minimum absolute atomic E-state index is 0.0472. The summed E-state index contributed by atoms with van der Waals surface area (Å²) in [6.07, 6.45) is 0. The van der Waals surface area contributed by atoms with E-state index in [0.29, 0.717) is 0 Å². The maximum absolute atomic E-state index is 12.0. The molecule has 0 atom stereocenters. The normalized spacial score (nSPS) is 17.7. The van der Waals surface area contributed by atoms with Crippen LogP contribution in [0, 0.1) is 0 Å². The van der Waals surface area contributed by atoms with Gasteiger partial charge >= 0.3 is 0 Å². The molecule has 0 aromatic carbocycles. The Bertz CT molecular complexity index is 448. The van der Waals surface area contributed by atoms with Crippen molar-refractivity contribution in [2.75, 3.05) is 33.2 Å². The molecule has 1 aromatic heterocycles. The summed E-state index contributed by atoms with van der Waals surface area (Å²) >= 11 is 11.5. The fourth-order valence-electron chi connectivity index (χ4n) is 1.63. The van der Waals surface area contributed by atoms with Gasteiger partial charge in [-0.3, -0.25) is 10.2 Å². The lowest BCUT2D eigenvalue weighted by Crippen LogP contribution is -2.52. The van der Waals surface area contributed by atoms with Crippen molar-refractivity contribution in [1.29, 1.82) is 0 Å². The first kappa shape index (κ1) is 13.5. The number of nitrogens with zero attached hydrogens (tertiary/aromatic N) is 4. The second-order valence-electron chi connectivity index (χ2n) is 4.10. The lowest BCUT2D eigenvalue weighted by molar-refractivity contribution is 0.0662. The van der Waals surface area contributed by atoms with Crippen molar-refractivity contribution in [2.24, 2.45) is 0 Å². The molecule has 6 nitrogen and oxygen atoms in total. The largest absolute Gasteiger partial charge is 0.304 e. The Morgan fingerprint density at radius 2 is 1.94 bits per heavy atom. The Morgan fingerprint density at radius 1 is 1.28 bits per heavy atom. The number of halogens is 2. The lowest BCUT2D eigenvalue weighted by Gasteiger charge is -2.32. The van der Waals surface area contributed by atoms with E-state index in [4.69, 9.17) is 23.2 Å². The highest BCUT2D eigenvalue weighted by molar-refractivity contribution is 6.34. The molecule has 1 fully saturated rings. The van der Waals surface area contributed by atoms with Crippen molar-refractivity contribution in [2.45, 2.75) is 0 Å². The van der Waals surface area contributed by atoms with Gasteiger partial charge in [0.2, 0.25) is 0 Å². The molecule has 0 bridgehead atoms. The lowest BCUT2D eigenvalue weighted by atomic mass is 10.3. The third-order valence-electron chi connectivity index (χ3n) is 2.73. The van der Waals surface area contributed by atoms with Crippen LogP contribution in [0.25, 0.3) is 0 Å². The predicted octanol–water partition coefficient (Wildman–Crippen LogP) is 0.676. The first-order valence-electron chi connectivity index (χ1n) is 5.49. The summed E-state index contributed by atoms with van der Waals surface area (Å²) < 4.78 is 0. The zero-order valence-corrected chi connectivity index (χ0v) is 11.4. The standard InChI is InChI=1S/C10H13Cl2N5O/c1-16-2-4-17(5-3-16)15-10(18)7-6-8(11)13-14-9(7)12/h6H,2-5H2,1H3,(H,15,18). The van der Waals surface area contributed by atoms with Crippen LogP contribution in [-0.2, 0) is 0 Å². The summed E-state index contributed by atoms with van der Waals surface area (Å²) in [5, 5.41) is 9.21. The number of hydrazine groups is 1. The topological polar surface area (TPSA) is 61.4 Å². The van der Waals surface area contributed by atoms with Gasteiger partial charge in [0.25, 0.3) is 5.91 Å². The van der Waals surface area contributed by atoms with Gasteiger partial charge in [0.1, 0.15) is 0 Å². The van der Waals surface area contributed by atoms with E-state index in [9.17, 15) is 4.79 Å². The molecular formula is C10H13Cl2N5O. The minimum atomic E-state index is -0.318. The Balaban J connectivity index is 2.01. The molecule has 2 heterocycles. The second kappa shape index (κ2) is 5.79. The van der Waals surface area contributed by atoms with Gasteiger partial charge in [-0.25, -0.2) is 5.01 Å². The van der Waals surface area contributed by atoms with Crippen molar-refractivity contribution in [1.82, 2.24) is 25.5 Å². The van der Waals surface area contributed by atoms with E-state index in [1.165, 1.54) is 6.07 Å². The molecule has 1 saturated heterocycles. The van der Waals surface area contributed by atoms with Crippen LogP contribution >= 0.6 is 23.2 Å². The molecule has 0 unspecified atom stereocenters. The third kappa shape index (κ3) is 3.29. The van der Waals surface area contributed by atoms with Gasteiger partial charge in [-0.1, -0.05) is 23.2 Å². The monoisotopic (exact) mass is 289 g/mol. The van der Waals surface area contributed by atoms with Crippen molar-refractivity contribution < 1.29 is 4.79 Å². The molecule has 1 N–H and O–H groups in total. The number of hydrogen-bond donors (Lipinski definition) is 1. The average molecular weight is 290 g/mol.